The molecule has 0 aliphatic heterocycles. The van der Waals surface area contributed by atoms with Crippen LogP contribution in [0.3, 0.4) is 0 Å². The molecule has 1 aliphatic rings. The molecule has 15 heavy (non-hydrogen) atoms. The lowest BCUT2D eigenvalue weighted by atomic mass is 9.89. The van der Waals surface area contributed by atoms with Gasteiger partial charge in [-0.2, -0.15) is 0 Å². The Morgan fingerprint density at radius 3 is 2.47 bits per heavy atom. The molecule has 1 unspecified atom stereocenters. The molecule has 2 rings (SSSR count). The standard InChI is InChI=1S/C14H17N/c1-10-7-11(2)9-13(8-10)12-3-5-14(15)6-4-12/h3-6,8-10H,7,15H2,1-2H3. The largest absolute Gasteiger partial charge is 0.399 e. The zero-order valence-electron chi connectivity index (χ0n) is 9.33. The van der Waals surface area contributed by atoms with Crippen molar-refractivity contribution in [1.29, 1.82) is 0 Å². The number of nitrogens with two attached hydrogens (primary N) is 1. The van der Waals surface area contributed by atoms with Crippen LogP contribution < -0.4 is 5.73 Å². The van der Waals surface area contributed by atoms with Gasteiger partial charge in [0.05, 0.1) is 0 Å². The van der Waals surface area contributed by atoms with E-state index in [0.717, 1.165) is 5.69 Å². The predicted molar refractivity (Wildman–Crippen MR) is 66.4 cm³/mol. The minimum atomic E-state index is 0.641. The molecule has 0 amide bonds. The summed E-state index contributed by atoms with van der Waals surface area (Å²) in [5.41, 5.74) is 10.5. The van der Waals surface area contributed by atoms with Gasteiger partial charge in [0.1, 0.15) is 0 Å². The molecule has 1 nitrogen and oxygen atoms in total. The van der Waals surface area contributed by atoms with E-state index in [1.54, 1.807) is 0 Å². The second kappa shape index (κ2) is 3.93. The molecule has 0 saturated heterocycles. The van der Waals surface area contributed by atoms with Crippen LogP contribution in [0.5, 0.6) is 0 Å². The SMILES string of the molecule is CC1=CC(c2ccc(N)cc2)=CC(C)C1. The Labute approximate surface area is 91.3 Å². The molecule has 0 bridgehead atoms. The summed E-state index contributed by atoms with van der Waals surface area (Å²) in [6.07, 6.45) is 5.78. The van der Waals surface area contributed by atoms with E-state index in [9.17, 15) is 0 Å². The minimum absolute atomic E-state index is 0.641. The second-order valence-electron chi connectivity index (χ2n) is 4.42. The Bertz CT molecular complexity index is 409. The lowest BCUT2D eigenvalue weighted by Gasteiger charge is -2.16. The van der Waals surface area contributed by atoms with Gasteiger partial charge in [-0.1, -0.05) is 36.8 Å². The molecule has 0 heterocycles. The number of nitrogen functional groups attached to an aromatic ring is 1. The highest BCUT2D eigenvalue weighted by atomic mass is 14.5. The van der Waals surface area contributed by atoms with Crippen molar-refractivity contribution in [1.82, 2.24) is 0 Å². The van der Waals surface area contributed by atoms with Crippen LogP contribution >= 0.6 is 0 Å². The first-order valence-corrected chi connectivity index (χ1v) is 5.40. The van der Waals surface area contributed by atoms with E-state index < -0.39 is 0 Å². The molecule has 1 aromatic carbocycles. The lowest BCUT2D eigenvalue weighted by molar-refractivity contribution is 0.710. The van der Waals surface area contributed by atoms with E-state index >= 15 is 0 Å². The molecule has 2 N–H and O–H groups in total. The third-order valence-electron chi connectivity index (χ3n) is 2.75. The summed E-state index contributed by atoms with van der Waals surface area (Å²) in [7, 11) is 0. The van der Waals surface area contributed by atoms with Gasteiger partial charge in [0, 0.05) is 5.69 Å². The van der Waals surface area contributed by atoms with E-state index in [-0.39, 0.29) is 0 Å². The van der Waals surface area contributed by atoms with Crippen molar-refractivity contribution in [2.75, 3.05) is 5.73 Å². The molecule has 78 valence electrons. The third kappa shape index (κ3) is 2.30. The van der Waals surface area contributed by atoms with Crippen molar-refractivity contribution in [3.63, 3.8) is 0 Å². The molecule has 1 atom stereocenters. The summed E-state index contributed by atoms with van der Waals surface area (Å²) < 4.78 is 0. The van der Waals surface area contributed by atoms with Crippen LogP contribution in [0.1, 0.15) is 25.8 Å². The van der Waals surface area contributed by atoms with E-state index in [1.165, 1.54) is 23.1 Å². The highest BCUT2D eigenvalue weighted by molar-refractivity contribution is 5.76. The average Bonchev–Trinajstić information content (AvgIpc) is 2.17. The fraction of sp³-hybridized carbons (Fsp3) is 0.286. The zero-order valence-corrected chi connectivity index (χ0v) is 9.33. The smallest absolute Gasteiger partial charge is 0.0314 e. The van der Waals surface area contributed by atoms with Crippen LogP contribution in [0.15, 0.2) is 42.0 Å². The number of anilines is 1. The monoisotopic (exact) mass is 199 g/mol. The Morgan fingerprint density at radius 1 is 1.20 bits per heavy atom. The molecule has 0 radical (unpaired) electrons. The Kier molecular flexibility index (Phi) is 2.63. The van der Waals surface area contributed by atoms with Crippen molar-refractivity contribution in [2.45, 2.75) is 20.3 Å². The maximum absolute atomic E-state index is 5.68. The van der Waals surface area contributed by atoms with Gasteiger partial charge >= 0.3 is 0 Å². The first kappa shape index (κ1) is 10.0. The summed E-state index contributed by atoms with van der Waals surface area (Å²) >= 11 is 0. The molecule has 1 aromatic rings. The average molecular weight is 199 g/mol. The number of allylic oxidation sites excluding steroid dienone is 4. The fourth-order valence-corrected chi connectivity index (χ4v) is 2.10. The van der Waals surface area contributed by atoms with Crippen LogP contribution in [-0.4, -0.2) is 0 Å². The van der Waals surface area contributed by atoms with Gasteiger partial charge in [0.2, 0.25) is 0 Å². The van der Waals surface area contributed by atoms with Gasteiger partial charge in [-0.05, 0) is 42.5 Å². The number of rotatable bonds is 1. The molecule has 1 heteroatoms. The maximum Gasteiger partial charge on any atom is 0.0314 e. The molecule has 0 fully saturated rings. The highest BCUT2D eigenvalue weighted by Gasteiger charge is 2.09. The highest BCUT2D eigenvalue weighted by Crippen LogP contribution is 2.28. The van der Waals surface area contributed by atoms with Crippen LogP contribution in [-0.2, 0) is 0 Å². The maximum atomic E-state index is 5.68. The third-order valence-corrected chi connectivity index (χ3v) is 2.75. The first-order chi connectivity index (χ1) is 7.15. The number of hydrogen-bond donors (Lipinski definition) is 1. The van der Waals surface area contributed by atoms with Gasteiger partial charge < -0.3 is 5.73 Å². The Morgan fingerprint density at radius 2 is 1.87 bits per heavy atom. The summed E-state index contributed by atoms with van der Waals surface area (Å²) in [5, 5.41) is 0. The van der Waals surface area contributed by atoms with Gasteiger partial charge in [-0.25, -0.2) is 0 Å². The predicted octanol–water partition coefficient (Wildman–Crippen LogP) is 3.64. The van der Waals surface area contributed by atoms with Crippen molar-refractivity contribution in [3.05, 3.63) is 47.6 Å². The number of benzene rings is 1. The van der Waals surface area contributed by atoms with Crippen molar-refractivity contribution < 1.29 is 0 Å². The van der Waals surface area contributed by atoms with Crippen LogP contribution in [0.4, 0.5) is 5.69 Å². The topological polar surface area (TPSA) is 26.0 Å². The van der Waals surface area contributed by atoms with Crippen LogP contribution in [0.25, 0.3) is 5.57 Å². The van der Waals surface area contributed by atoms with Crippen molar-refractivity contribution in [3.8, 4) is 0 Å². The summed E-state index contributed by atoms with van der Waals surface area (Å²) in [5.74, 6) is 0.641. The molecular formula is C14H17N. The quantitative estimate of drug-likeness (QED) is 0.686. The van der Waals surface area contributed by atoms with Crippen LogP contribution in [0.2, 0.25) is 0 Å². The molecular weight excluding hydrogens is 182 g/mol. The van der Waals surface area contributed by atoms with Gasteiger partial charge in [-0.3, -0.25) is 0 Å². The van der Waals surface area contributed by atoms with Gasteiger partial charge in [-0.15, -0.1) is 0 Å². The van der Waals surface area contributed by atoms with E-state index in [2.05, 4.69) is 38.1 Å². The fourth-order valence-electron chi connectivity index (χ4n) is 2.10. The van der Waals surface area contributed by atoms with E-state index in [0.29, 0.717) is 5.92 Å². The van der Waals surface area contributed by atoms with Gasteiger partial charge in [0.15, 0.2) is 0 Å². The zero-order chi connectivity index (χ0) is 10.8. The molecule has 0 spiro atoms. The Hall–Kier alpha value is -1.50. The second-order valence-corrected chi connectivity index (χ2v) is 4.42. The first-order valence-electron chi connectivity index (χ1n) is 5.40. The van der Waals surface area contributed by atoms with E-state index in [4.69, 9.17) is 5.73 Å². The lowest BCUT2D eigenvalue weighted by Crippen LogP contribution is -1.99. The summed E-state index contributed by atoms with van der Waals surface area (Å²) in [6, 6.07) is 8.09. The van der Waals surface area contributed by atoms with Crippen molar-refractivity contribution in [2.24, 2.45) is 5.92 Å². The normalized spacial score (nSPS) is 20.8. The minimum Gasteiger partial charge on any atom is -0.399 e. The number of hydrogen-bond acceptors (Lipinski definition) is 1. The summed E-state index contributed by atoms with van der Waals surface area (Å²) in [6.45, 7) is 4.45. The van der Waals surface area contributed by atoms with Gasteiger partial charge in [0.25, 0.3) is 0 Å². The Balaban J connectivity index is 2.35. The molecule has 1 aliphatic carbocycles. The van der Waals surface area contributed by atoms with Crippen molar-refractivity contribution >= 4 is 11.3 Å². The molecule has 0 saturated carbocycles. The summed E-state index contributed by atoms with van der Waals surface area (Å²) in [4.78, 5) is 0. The van der Waals surface area contributed by atoms with Crippen LogP contribution in [0, 0.1) is 5.92 Å². The van der Waals surface area contributed by atoms with E-state index in [1.807, 2.05) is 12.1 Å². The molecule has 0 aromatic heterocycles.